The van der Waals surface area contributed by atoms with E-state index in [0.29, 0.717) is 25.6 Å². The van der Waals surface area contributed by atoms with Crippen molar-refractivity contribution in [2.24, 2.45) is 11.7 Å². The second kappa shape index (κ2) is 8.25. The molecule has 3 nitrogen and oxygen atoms in total. The molecule has 1 rings (SSSR count). The van der Waals surface area contributed by atoms with Crippen molar-refractivity contribution in [3.8, 4) is 0 Å². The first-order valence-corrected chi connectivity index (χ1v) is 6.75. The normalized spacial score (nSPS) is 11.5. The average Bonchev–Trinajstić information content (AvgIpc) is 2.35. The number of halogens is 1. The first-order valence-electron chi connectivity index (χ1n) is 6.75. The summed E-state index contributed by atoms with van der Waals surface area (Å²) in [5, 5.41) is 0. The van der Waals surface area contributed by atoms with Crippen LogP contribution in [0.15, 0.2) is 18.2 Å². The van der Waals surface area contributed by atoms with Gasteiger partial charge in [0.25, 0.3) is 0 Å². The van der Waals surface area contributed by atoms with E-state index in [2.05, 4.69) is 18.7 Å². The van der Waals surface area contributed by atoms with Crippen LogP contribution in [0.3, 0.4) is 0 Å². The third kappa shape index (κ3) is 5.68. The minimum Gasteiger partial charge on any atom is -0.383 e. The molecular formula is C15H25FN2O. The quantitative estimate of drug-likeness (QED) is 0.787. The molecule has 0 aromatic heterocycles. The highest BCUT2D eigenvalue weighted by molar-refractivity contribution is 5.27. The number of nitrogens with two attached hydrogens (primary N) is 1. The van der Waals surface area contributed by atoms with Gasteiger partial charge in [0.05, 0.1) is 6.61 Å². The van der Waals surface area contributed by atoms with Crippen LogP contribution in [0.25, 0.3) is 0 Å². The van der Waals surface area contributed by atoms with E-state index < -0.39 is 0 Å². The fourth-order valence-corrected chi connectivity index (χ4v) is 2.15. The number of hydrogen-bond acceptors (Lipinski definition) is 3. The van der Waals surface area contributed by atoms with Gasteiger partial charge in [0.2, 0.25) is 0 Å². The predicted molar refractivity (Wildman–Crippen MR) is 76.3 cm³/mol. The molecule has 108 valence electrons. The highest BCUT2D eigenvalue weighted by Crippen LogP contribution is 2.14. The number of nitrogens with zero attached hydrogens (tertiary/aromatic N) is 1. The predicted octanol–water partition coefficient (Wildman–Crippen LogP) is 2.39. The molecule has 0 saturated heterocycles. The smallest absolute Gasteiger partial charge is 0.123 e. The lowest BCUT2D eigenvalue weighted by Gasteiger charge is -2.25. The van der Waals surface area contributed by atoms with Crippen molar-refractivity contribution in [2.75, 3.05) is 26.8 Å². The fourth-order valence-electron chi connectivity index (χ4n) is 2.15. The van der Waals surface area contributed by atoms with Gasteiger partial charge in [-0.2, -0.15) is 0 Å². The molecule has 19 heavy (non-hydrogen) atoms. The van der Waals surface area contributed by atoms with E-state index in [1.807, 2.05) is 0 Å². The maximum atomic E-state index is 13.4. The zero-order valence-electron chi connectivity index (χ0n) is 12.2. The van der Waals surface area contributed by atoms with Gasteiger partial charge in [-0.1, -0.05) is 19.9 Å². The Morgan fingerprint density at radius 1 is 1.32 bits per heavy atom. The van der Waals surface area contributed by atoms with Crippen LogP contribution in [-0.4, -0.2) is 31.7 Å². The van der Waals surface area contributed by atoms with E-state index in [9.17, 15) is 4.39 Å². The first-order chi connectivity index (χ1) is 9.06. The molecule has 1 aromatic carbocycles. The van der Waals surface area contributed by atoms with Gasteiger partial charge in [0.1, 0.15) is 5.82 Å². The molecule has 0 spiro atoms. The fraction of sp³-hybridized carbons (Fsp3) is 0.600. The van der Waals surface area contributed by atoms with Crippen LogP contribution < -0.4 is 5.73 Å². The van der Waals surface area contributed by atoms with Crippen LogP contribution >= 0.6 is 0 Å². The summed E-state index contributed by atoms with van der Waals surface area (Å²) >= 11 is 0. The lowest BCUT2D eigenvalue weighted by Crippen LogP contribution is -2.31. The third-order valence-electron chi connectivity index (χ3n) is 3.02. The molecule has 0 saturated carbocycles. The summed E-state index contributed by atoms with van der Waals surface area (Å²) in [4.78, 5) is 2.28. The second-order valence-electron chi connectivity index (χ2n) is 5.24. The largest absolute Gasteiger partial charge is 0.383 e. The van der Waals surface area contributed by atoms with Gasteiger partial charge in [0, 0.05) is 33.3 Å². The maximum absolute atomic E-state index is 13.4. The zero-order chi connectivity index (χ0) is 14.3. The topological polar surface area (TPSA) is 38.5 Å². The Bertz CT molecular complexity index is 382. The summed E-state index contributed by atoms with van der Waals surface area (Å²) in [5.41, 5.74) is 7.69. The lowest BCUT2D eigenvalue weighted by molar-refractivity contribution is 0.136. The second-order valence-corrected chi connectivity index (χ2v) is 5.24. The van der Waals surface area contributed by atoms with Crippen molar-refractivity contribution in [1.82, 2.24) is 4.90 Å². The third-order valence-corrected chi connectivity index (χ3v) is 3.02. The molecule has 4 heteroatoms. The molecule has 0 aliphatic carbocycles. The van der Waals surface area contributed by atoms with Crippen LogP contribution in [0.2, 0.25) is 0 Å². The van der Waals surface area contributed by atoms with Crippen molar-refractivity contribution < 1.29 is 9.13 Å². The molecule has 0 aliphatic rings. The molecule has 0 aliphatic heterocycles. The lowest BCUT2D eigenvalue weighted by atomic mass is 10.1. The molecular weight excluding hydrogens is 243 g/mol. The molecule has 0 fully saturated rings. The van der Waals surface area contributed by atoms with E-state index in [1.54, 1.807) is 19.2 Å². The molecule has 2 N–H and O–H groups in total. The van der Waals surface area contributed by atoms with Gasteiger partial charge in [-0.3, -0.25) is 4.90 Å². The van der Waals surface area contributed by atoms with Crippen molar-refractivity contribution in [3.05, 3.63) is 35.1 Å². The monoisotopic (exact) mass is 268 g/mol. The molecule has 0 amide bonds. The van der Waals surface area contributed by atoms with E-state index in [-0.39, 0.29) is 5.82 Å². The summed E-state index contributed by atoms with van der Waals surface area (Å²) in [6.45, 7) is 7.99. The summed E-state index contributed by atoms with van der Waals surface area (Å²) < 4.78 is 18.5. The minimum atomic E-state index is -0.205. The van der Waals surface area contributed by atoms with Crippen molar-refractivity contribution in [3.63, 3.8) is 0 Å². The Balaban J connectivity index is 2.78. The van der Waals surface area contributed by atoms with Gasteiger partial charge in [-0.25, -0.2) is 4.39 Å². The molecule has 0 heterocycles. The summed E-state index contributed by atoms with van der Waals surface area (Å²) in [6, 6.07) is 4.82. The Morgan fingerprint density at radius 3 is 2.63 bits per heavy atom. The van der Waals surface area contributed by atoms with E-state index in [1.165, 1.54) is 6.07 Å². The highest BCUT2D eigenvalue weighted by Gasteiger charge is 2.11. The standard InChI is InChI=1S/C15H25FN2O/c1-12(2)10-18(6-7-19-3)11-14-8-15(16)5-4-13(14)9-17/h4-5,8,12H,6-7,9-11,17H2,1-3H3. The number of rotatable bonds is 8. The van der Waals surface area contributed by atoms with E-state index in [0.717, 1.165) is 24.2 Å². The van der Waals surface area contributed by atoms with Gasteiger partial charge in [-0.05, 0) is 29.2 Å². The van der Waals surface area contributed by atoms with Crippen LogP contribution in [0.5, 0.6) is 0 Å². The Morgan fingerprint density at radius 2 is 2.05 bits per heavy atom. The Labute approximate surface area is 115 Å². The Hall–Kier alpha value is -0.970. The van der Waals surface area contributed by atoms with Crippen LogP contribution in [0.1, 0.15) is 25.0 Å². The van der Waals surface area contributed by atoms with Crippen LogP contribution in [0, 0.1) is 11.7 Å². The zero-order valence-corrected chi connectivity index (χ0v) is 12.2. The van der Waals surface area contributed by atoms with Gasteiger partial charge < -0.3 is 10.5 Å². The van der Waals surface area contributed by atoms with Crippen molar-refractivity contribution in [1.29, 1.82) is 0 Å². The van der Waals surface area contributed by atoms with E-state index in [4.69, 9.17) is 10.5 Å². The van der Waals surface area contributed by atoms with Crippen molar-refractivity contribution >= 4 is 0 Å². The van der Waals surface area contributed by atoms with Crippen molar-refractivity contribution in [2.45, 2.75) is 26.9 Å². The summed E-state index contributed by atoms with van der Waals surface area (Å²) in [6.07, 6.45) is 0. The summed E-state index contributed by atoms with van der Waals surface area (Å²) in [7, 11) is 1.70. The SMILES string of the molecule is COCCN(Cc1cc(F)ccc1CN)CC(C)C. The molecule has 0 radical (unpaired) electrons. The molecule has 0 bridgehead atoms. The van der Waals surface area contributed by atoms with Gasteiger partial charge in [-0.15, -0.1) is 0 Å². The molecule has 0 unspecified atom stereocenters. The Kier molecular flexibility index (Phi) is 6.99. The number of methoxy groups -OCH3 is 1. The molecule has 0 atom stereocenters. The number of ether oxygens (including phenoxy) is 1. The first kappa shape index (κ1) is 16.1. The molecule has 1 aromatic rings. The average molecular weight is 268 g/mol. The summed E-state index contributed by atoms with van der Waals surface area (Å²) in [5.74, 6) is 0.357. The van der Waals surface area contributed by atoms with Gasteiger partial charge >= 0.3 is 0 Å². The number of benzene rings is 1. The van der Waals surface area contributed by atoms with E-state index >= 15 is 0 Å². The van der Waals surface area contributed by atoms with Crippen LogP contribution in [0.4, 0.5) is 4.39 Å². The van der Waals surface area contributed by atoms with Gasteiger partial charge in [0.15, 0.2) is 0 Å². The number of hydrogen-bond donors (Lipinski definition) is 1. The van der Waals surface area contributed by atoms with Crippen LogP contribution in [-0.2, 0) is 17.8 Å². The highest BCUT2D eigenvalue weighted by atomic mass is 19.1. The minimum absolute atomic E-state index is 0.205. The maximum Gasteiger partial charge on any atom is 0.123 e.